The van der Waals surface area contributed by atoms with Crippen LogP contribution in [0.5, 0.6) is 0 Å². The van der Waals surface area contributed by atoms with Crippen molar-refractivity contribution in [2.45, 2.75) is 12.5 Å². The van der Waals surface area contributed by atoms with Crippen LogP contribution in [0.2, 0.25) is 5.02 Å². The Hall–Kier alpha value is -3.57. The highest BCUT2D eigenvalue weighted by Crippen LogP contribution is 2.43. The standard InChI is InChI=1S/C23H16ClF2N7S/c24-15-7-14-19(18(26)17(15)13-1-2-16(25)22-20(13)32-23(29)34-22)31-9-11(8-28)21(14)33-6-5-30-12(10-33)3-4-27/h1-2,7,9,12,30H,3,5-6,10H2,(H2,29,32). The molecule has 1 fully saturated rings. The molecule has 0 saturated carbocycles. The summed E-state index contributed by atoms with van der Waals surface area (Å²) in [6.07, 6.45) is 1.64. The van der Waals surface area contributed by atoms with Gasteiger partial charge < -0.3 is 16.0 Å². The van der Waals surface area contributed by atoms with Crippen molar-refractivity contribution in [2.24, 2.45) is 0 Å². The smallest absolute Gasteiger partial charge is 0.181 e. The SMILES string of the molecule is N#CCC1CN(c2c(C#N)cnc3c(F)c(-c4ccc(F)c5sc(N)nc45)c(Cl)cc23)CCN1. The Morgan fingerprint density at radius 1 is 1.29 bits per heavy atom. The number of fused-ring (bicyclic) bond motifs is 2. The van der Waals surface area contributed by atoms with Gasteiger partial charge in [-0.2, -0.15) is 10.5 Å². The molecule has 1 atom stereocenters. The Morgan fingerprint density at radius 2 is 2.12 bits per heavy atom. The highest BCUT2D eigenvalue weighted by molar-refractivity contribution is 7.22. The number of thiazole rings is 1. The minimum Gasteiger partial charge on any atom is -0.375 e. The van der Waals surface area contributed by atoms with Crippen molar-refractivity contribution >= 4 is 54.9 Å². The number of nitriles is 2. The van der Waals surface area contributed by atoms with Gasteiger partial charge in [-0.3, -0.25) is 4.98 Å². The first-order chi connectivity index (χ1) is 16.4. The minimum atomic E-state index is -0.698. The van der Waals surface area contributed by atoms with Gasteiger partial charge in [0.15, 0.2) is 10.9 Å². The maximum absolute atomic E-state index is 16.0. The van der Waals surface area contributed by atoms with Crippen LogP contribution in [-0.4, -0.2) is 35.6 Å². The molecular formula is C23H16ClF2N7S. The molecule has 0 radical (unpaired) electrons. The molecule has 0 amide bonds. The molecule has 0 aliphatic carbocycles. The van der Waals surface area contributed by atoms with E-state index in [1.807, 2.05) is 4.90 Å². The zero-order valence-corrected chi connectivity index (χ0v) is 19.1. The molecule has 170 valence electrons. The van der Waals surface area contributed by atoms with E-state index in [1.54, 1.807) is 6.07 Å². The Kier molecular flexibility index (Phi) is 5.66. The number of aromatic nitrogens is 2. The predicted molar refractivity (Wildman–Crippen MR) is 129 cm³/mol. The minimum absolute atomic E-state index is 0.0319. The first-order valence-electron chi connectivity index (χ1n) is 10.3. The lowest BCUT2D eigenvalue weighted by Gasteiger charge is -2.35. The topological polar surface area (TPSA) is 115 Å². The molecule has 0 bridgehead atoms. The molecule has 3 N–H and O–H groups in total. The van der Waals surface area contributed by atoms with Crippen molar-refractivity contribution < 1.29 is 8.78 Å². The summed E-state index contributed by atoms with van der Waals surface area (Å²) < 4.78 is 30.5. The quantitative estimate of drug-likeness (QED) is 0.427. The lowest BCUT2D eigenvalue weighted by molar-refractivity contribution is 0.463. The zero-order chi connectivity index (χ0) is 24.0. The number of anilines is 2. The predicted octanol–water partition coefficient (Wildman–Crippen LogP) is 4.59. The summed E-state index contributed by atoms with van der Waals surface area (Å²) in [5.41, 5.74) is 7.18. The molecule has 1 unspecified atom stereocenters. The molecule has 3 heterocycles. The molecule has 34 heavy (non-hydrogen) atoms. The van der Waals surface area contributed by atoms with Gasteiger partial charge in [-0.25, -0.2) is 13.8 Å². The van der Waals surface area contributed by atoms with Gasteiger partial charge in [0, 0.05) is 48.4 Å². The van der Waals surface area contributed by atoms with Crippen LogP contribution >= 0.6 is 22.9 Å². The van der Waals surface area contributed by atoms with Gasteiger partial charge >= 0.3 is 0 Å². The number of nitrogens with one attached hydrogen (secondary N) is 1. The fourth-order valence-electron chi connectivity index (χ4n) is 4.39. The Balaban J connectivity index is 1.74. The molecule has 4 aromatic rings. The summed E-state index contributed by atoms with van der Waals surface area (Å²) >= 11 is 7.57. The average Bonchev–Trinajstić information content (AvgIpc) is 3.22. The molecule has 0 spiro atoms. The highest BCUT2D eigenvalue weighted by Gasteiger charge is 2.27. The van der Waals surface area contributed by atoms with E-state index in [9.17, 15) is 9.65 Å². The van der Waals surface area contributed by atoms with Crippen LogP contribution in [0, 0.1) is 34.3 Å². The van der Waals surface area contributed by atoms with E-state index in [0.29, 0.717) is 42.7 Å². The third kappa shape index (κ3) is 3.57. The van der Waals surface area contributed by atoms with Crippen molar-refractivity contribution in [1.82, 2.24) is 15.3 Å². The largest absolute Gasteiger partial charge is 0.375 e. The monoisotopic (exact) mass is 495 g/mol. The van der Waals surface area contributed by atoms with Crippen molar-refractivity contribution in [3.63, 3.8) is 0 Å². The second-order valence-corrected chi connectivity index (χ2v) is 9.30. The van der Waals surface area contributed by atoms with Crippen LogP contribution in [0.15, 0.2) is 24.4 Å². The number of nitrogen functional groups attached to an aromatic ring is 1. The number of nitrogens with two attached hydrogens (primary N) is 1. The summed E-state index contributed by atoms with van der Waals surface area (Å²) in [6, 6.07) is 8.41. The summed E-state index contributed by atoms with van der Waals surface area (Å²) in [7, 11) is 0. The third-order valence-corrected chi connectivity index (χ3v) is 7.03. The van der Waals surface area contributed by atoms with Gasteiger partial charge in [0.25, 0.3) is 0 Å². The number of pyridine rings is 1. The molecular weight excluding hydrogens is 480 g/mol. The second kappa shape index (κ2) is 8.65. The first-order valence-corrected chi connectivity index (χ1v) is 11.5. The molecule has 5 rings (SSSR count). The number of hydrogen-bond acceptors (Lipinski definition) is 8. The highest BCUT2D eigenvalue weighted by atomic mass is 35.5. The zero-order valence-electron chi connectivity index (χ0n) is 17.6. The van der Waals surface area contributed by atoms with E-state index in [2.05, 4.69) is 27.4 Å². The van der Waals surface area contributed by atoms with Gasteiger partial charge in [-0.1, -0.05) is 22.9 Å². The average molecular weight is 496 g/mol. The van der Waals surface area contributed by atoms with E-state index in [0.717, 1.165) is 11.3 Å². The van der Waals surface area contributed by atoms with E-state index in [1.165, 1.54) is 18.3 Å². The van der Waals surface area contributed by atoms with E-state index in [-0.39, 0.29) is 43.1 Å². The molecule has 1 aliphatic rings. The Morgan fingerprint density at radius 3 is 2.88 bits per heavy atom. The van der Waals surface area contributed by atoms with Crippen LogP contribution in [0.1, 0.15) is 12.0 Å². The van der Waals surface area contributed by atoms with Crippen molar-refractivity contribution in [3.8, 4) is 23.3 Å². The molecule has 1 saturated heterocycles. The van der Waals surface area contributed by atoms with Crippen LogP contribution in [0.25, 0.3) is 32.2 Å². The fourth-order valence-corrected chi connectivity index (χ4v) is 5.45. The fraction of sp³-hybridized carbons (Fsp3) is 0.217. The van der Waals surface area contributed by atoms with Gasteiger partial charge in [-0.05, 0) is 18.2 Å². The Bertz CT molecular complexity index is 1540. The number of nitrogens with zero attached hydrogens (tertiary/aromatic N) is 5. The molecule has 11 heteroatoms. The number of rotatable bonds is 3. The number of piperazine rings is 1. The number of halogens is 3. The number of benzene rings is 2. The van der Waals surface area contributed by atoms with E-state index < -0.39 is 11.6 Å². The normalized spacial score (nSPS) is 16.0. The lowest BCUT2D eigenvalue weighted by Crippen LogP contribution is -2.50. The molecule has 7 nitrogen and oxygen atoms in total. The molecule has 2 aromatic carbocycles. The van der Waals surface area contributed by atoms with Crippen LogP contribution in [0.4, 0.5) is 19.6 Å². The van der Waals surface area contributed by atoms with Gasteiger partial charge in [0.2, 0.25) is 0 Å². The van der Waals surface area contributed by atoms with Crippen LogP contribution < -0.4 is 16.0 Å². The van der Waals surface area contributed by atoms with Gasteiger partial charge in [-0.15, -0.1) is 0 Å². The summed E-state index contributed by atoms with van der Waals surface area (Å²) in [5, 5.41) is 22.7. The second-order valence-electron chi connectivity index (χ2n) is 7.86. The lowest BCUT2D eigenvalue weighted by atomic mass is 9.99. The maximum Gasteiger partial charge on any atom is 0.181 e. The van der Waals surface area contributed by atoms with E-state index in [4.69, 9.17) is 22.6 Å². The summed E-state index contributed by atoms with van der Waals surface area (Å²) in [6.45, 7) is 1.64. The first kappa shape index (κ1) is 22.2. The van der Waals surface area contributed by atoms with Crippen LogP contribution in [-0.2, 0) is 0 Å². The molecule has 1 aliphatic heterocycles. The number of hydrogen-bond donors (Lipinski definition) is 2. The van der Waals surface area contributed by atoms with Crippen molar-refractivity contribution in [2.75, 3.05) is 30.3 Å². The summed E-state index contributed by atoms with van der Waals surface area (Å²) in [5.74, 6) is -1.20. The van der Waals surface area contributed by atoms with Gasteiger partial charge in [0.05, 0.1) is 39.0 Å². The van der Waals surface area contributed by atoms with Crippen molar-refractivity contribution in [3.05, 3.63) is 46.6 Å². The van der Waals surface area contributed by atoms with Crippen LogP contribution in [0.3, 0.4) is 0 Å². The maximum atomic E-state index is 16.0. The summed E-state index contributed by atoms with van der Waals surface area (Å²) in [4.78, 5) is 10.4. The third-order valence-electron chi connectivity index (χ3n) is 5.84. The van der Waals surface area contributed by atoms with Crippen molar-refractivity contribution in [1.29, 1.82) is 10.5 Å². The van der Waals surface area contributed by atoms with Gasteiger partial charge in [0.1, 0.15) is 17.4 Å². The molecule has 2 aromatic heterocycles. The van der Waals surface area contributed by atoms with E-state index >= 15 is 4.39 Å². The Labute approximate surface area is 202 Å².